The van der Waals surface area contributed by atoms with Gasteiger partial charge in [0.1, 0.15) is 4.90 Å². The first-order chi connectivity index (χ1) is 10.7. The molecule has 0 heterocycles. The Bertz CT molecular complexity index is 710. The normalized spacial score (nSPS) is 11.7. The van der Waals surface area contributed by atoms with E-state index >= 15 is 0 Å². The Labute approximate surface area is 131 Å². The fourth-order valence-corrected chi connectivity index (χ4v) is 3.90. The summed E-state index contributed by atoms with van der Waals surface area (Å²) in [7, 11) is -4.46. The van der Waals surface area contributed by atoms with Crippen LogP contribution in [0.4, 0.5) is 5.69 Å². The Morgan fingerprint density at radius 2 is 1.78 bits per heavy atom. The summed E-state index contributed by atoms with van der Waals surface area (Å²) in [4.78, 5) is 20.7. The van der Waals surface area contributed by atoms with Gasteiger partial charge in [-0.2, -0.15) is 4.31 Å². The van der Waals surface area contributed by atoms with Gasteiger partial charge in [-0.3, -0.25) is 10.1 Å². The van der Waals surface area contributed by atoms with Crippen molar-refractivity contribution in [2.24, 2.45) is 0 Å². The van der Waals surface area contributed by atoms with Crippen molar-refractivity contribution in [3.05, 3.63) is 33.4 Å². The van der Waals surface area contributed by atoms with Gasteiger partial charge in [-0.05, 0) is 12.5 Å². The molecule has 1 aromatic rings. The summed E-state index contributed by atoms with van der Waals surface area (Å²) in [6, 6.07) is 2.05. The van der Waals surface area contributed by atoms with E-state index < -0.39 is 50.3 Å². The van der Waals surface area contributed by atoms with Crippen LogP contribution >= 0.6 is 0 Å². The Kier molecular flexibility index (Phi) is 6.15. The maximum Gasteiger partial charge on any atom is 0.344 e. The third-order valence-electron chi connectivity index (χ3n) is 3.04. The van der Waals surface area contributed by atoms with E-state index in [4.69, 9.17) is 10.2 Å². The van der Waals surface area contributed by atoms with Crippen LogP contribution in [-0.4, -0.2) is 65.2 Å². The molecule has 10 nitrogen and oxygen atoms in total. The molecule has 0 saturated heterocycles. The molecule has 0 radical (unpaired) electrons. The smallest absolute Gasteiger partial charge is 0.344 e. The summed E-state index contributed by atoms with van der Waals surface area (Å²) < 4.78 is 26.0. The minimum atomic E-state index is -4.46. The molecule has 0 aromatic heterocycles. The molecule has 1 aromatic carbocycles. The fraction of sp³-hybridized carbons (Fsp3) is 0.417. The number of sulfonamides is 1. The number of aryl methyl sites for hydroxylation is 1. The summed E-state index contributed by atoms with van der Waals surface area (Å²) in [6.45, 7) is -0.585. The SMILES string of the molecule is Cc1ccc([N+](=O)[O-])c(C(=O)O)c1S(=O)(=O)N(CCO)CCO. The summed E-state index contributed by atoms with van der Waals surface area (Å²) in [5.74, 6) is -1.76. The van der Waals surface area contributed by atoms with E-state index in [0.29, 0.717) is 4.31 Å². The van der Waals surface area contributed by atoms with Crippen LogP contribution in [-0.2, 0) is 10.0 Å². The molecule has 0 saturated carbocycles. The molecule has 0 fully saturated rings. The third-order valence-corrected chi connectivity index (χ3v) is 5.13. The van der Waals surface area contributed by atoms with E-state index in [-0.39, 0.29) is 18.7 Å². The zero-order valence-corrected chi connectivity index (χ0v) is 13.0. The first-order valence-electron chi connectivity index (χ1n) is 6.41. The monoisotopic (exact) mass is 348 g/mol. The molecule has 0 amide bonds. The number of nitrogens with zero attached hydrogens (tertiary/aromatic N) is 2. The molecular weight excluding hydrogens is 332 g/mol. The van der Waals surface area contributed by atoms with Gasteiger partial charge in [-0.25, -0.2) is 13.2 Å². The van der Waals surface area contributed by atoms with E-state index in [9.17, 15) is 28.4 Å². The molecule has 23 heavy (non-hydrogen) atoms. The predicted octanol–water partition coefficient (Wildman–Crippen LogP) is -0.423. The van der Waals surface area contributed by atoms with Gasteiger partial charge in [0, 0.05) is 19.2 Å². The zero-order valence-electron chi connectivity index (χ0n) is 12.2. The highest BCUT2D eigenvalue weighted by molar-refractivity contribution is 7.89. The quantitative estimate of drug-likeness (QED) is 0.422. The van der Waals surface area contributed by atoms with Gasteiger partial charge in [0.05, 0.1) is 18.1 Å². The first-order valence-corrected chi connectivity index (χ1v) is 7.85. The lowest BCUT2D eigenvalue weighted by Gasteiger charge is -2.22. The number of hydrogen-bond acceptors (Lipinski definition) is 7. The van der Waals surface area contributed by atoms with Crippen LogP contribution in [0.15, 0.2) is 17.0 Å². The predicted molar refractivity (Wildman–Crippen MR) is 77.7 cm³/mol. The van der Waals surface area contributed by atoms with Gasteiger partial charge in [-0.15, -0.1) is 0 Å². The topological polar surface area (TPSA) is 158 Å². The fourth-order valence-electron chi connectivity index (χ4n) is 2.07. The second-order valence-corrected chi connectivity index (χ2v) is 6.39. The lowest BCUT2D eigenvalue weighted by molar-refractivity contribution is -0.385. The average Bonchev–Trinajstić information content (AvgIpc) is 2.45. The van der Waals surface area contributed by atoms with E-state index in [0.717, 1.165) is 12.1 Å². The number of carbonyl (C=O) groups is 1. The van der Waals surface area contributed by atoms with E-state index in [1.165, 1.54) is 6.92 Å². The van der Waals surface area contributed by atoms with Crippen LogP contribution in [0.2, 0.25) is 0 Å². The molecule has 0 aliphatic carbocycles. The summed E-state index contributed by atoms with van der Waals surface area (Å²) in [6.07, 6.45) is 0. The largest absolute Gasteiger partial charge is 0.477 e. The highest BCUT2D eigenvalue weighted by atomic mass is 32.2. The molecule has 0 spiro atoms. The molecule has 0 unspecified atom stereocenters. The van der Waals surface area contributed by atoms with Crippen LogP contribution in [0.5, 0.6) is 0 Å². The lowest BCUT2D eigenvalue weighted by Crippen LogP contribution is -2.37. The van der Waals surface area contributed by atoms with Gasteiger partial charge in [0.2, 0.25) is 10.0 Å². The third kappa shape index (κ3) is 3.82. The molecular formula is C12H16N2O8S. The minimum absolute atomic E-state index is 0.00822. The molecule has 11 heteroatoms. The van der Waals surface area contributed by atoms with Crippen molar-refractivity contribution in [1.82, 2.24) is 4.31 Å². The van der Waals surface area contributed by atoms with E-state index in [2.05, 4.69) is 0 Å². The van der Waals surface area contributed by atoms with Gasteiger partial charge in [-0.1, -0.05) is 6.07 Å². The Balaban J connectivity index is 3.72. The maximum absolute atomic E-state index is 12.7. The number of carboxylic acid groups (broad SMARTS) is 1. The Morgan fingerprint density at radius 3 is 2.17 bits per heavy atom. The van der Waals surface area contributed by atoms with Crippen LogP contribution < -0.4 is 0 Å². The number of benzene rings is 1. The van der Waals surface area contributed by atoms with Gasteiger partial charge >= 0.3 is 5.97 Å². The summed E-state index contributed by atoms with van der Waals surface area (Å²) in [5, 5.41) is 38.1. The molecule has 0 aliphatic heterocycles. The van der Waals surface area contributed by atoms with Crippen LogP contribution in [0.25, 0.3) is 0 Å². The first kappa shape index (κ1) is 19.0. The van der Waals surface area contributed by atoms with Crippen molar-refractivity contribution >= 4 is 21.7 Å². The number of hydrogen-bond donors (Lipinski definition) is 3. The van der Waals surface area contributed by atoms with Crippen molar-refractivity contribution < 1.29 is 33.5 Å². The number of nitro benzene ring substituents is 1. The minimum Gasteiger partial charge on any atom is -0.477 e. The Morgan fingerprint density at radius 1 is 1.26 bits per heavy atom. The van der Waals surface area contributed by atoms with Gasteiger partial charge < -0.3 is 15.3 Å². The second kappa shape index (κ2) is 7.46. The average molecular weight is 348 g/mol. The second-order valence-electron chi connectivity index (χ2n) is 4.52. The van der Waals surface area contributed by atoms with Crippen molar-refractivity contribution in [2.45, 2.75) is 11.8 Å². The number of carboxylic acids is 1. The Hall–Kier alpha value is -2.08. The summed E-state index contributed by atoms with van der Waals surface area (Å²) in [5.41, 5.74) is -1.79. The van der Waals surface area contributed by atoms with Crippen LogP contribution in [0, 0.1) is 17.0 Å². The van der Waals surface area contributed by atoms with Crippen LogP contribution in [0.1, 0.15) is 15.9 Å². The zero-order chi connectivity index (χ0) is 17.8. The van der Waals surface area contributed by atoms with E-state index in [1.54, 1.807) is 0 Å². The molecule has 0 bridgehead atoms. The van der Waals surface area contributed by atoms with Crippen molar-refractivity contribution in [1.29, 1.82) is 0 Å². The standard InChI is InChI=1S/C12H16N2O8S/c1-8-2-3-9(14(19)20)10(12(17)18)11(8)23(21,22)13(4-6-15)5-7-16/h2-3,15-16H,4-7H2,1H3,(H,17,18). The van der Waals surface area contributed by atoms with Crippen molar-refractivity contribution in [3.63, 3.8) is 0 Å². The number of aliphatic hydroxyl groups excluding tert-OH is 2. The van der Waals surface area contributed by atoms with Crippen LogP contribution in [0.3, 0.4) is 0 Å². The van der Waals surface area contributed by atoms with Crippen molar-refractivity contribution in [3.8, 4) is 0 Å². The molecule has 0 aliphatic rings. The molecule has 128 valence electrons. The number of aromatic carboxylic acids is 1. The number of aliphatic hydroxyl groups is 2. The summed E-state index contributed by atoms with van der Waals surface area (Å²) >= 11 is 0. The van der Waals surface area contributed by atoms with E-state index in [1.807, 2.05) is 0 Å². The van der Waals surface area contributed by atoms with Gasteiger partial charge in [0.15, 0.2) is 5.56 Å². The molecule has 0 atom stereocenters. The molecule has 1 rings (SSSR count). The number of nitro groups is 1. The maximum atomic E-state index is 12.7. The molecule has 3 N–H and O–H groups in total. The highest BCUT2D eigenvalue weighted by Gasteiger charge is 2.35. The lowest BCUT2D eigenvalue weighted by atomic mass is 10.1. The number of rotatable bonds is 8. The van der Waals surface area contributed by atoms with Gasteiger partial charge in [0.25, 0.3) is 5.69 Å². The van der Waals surface area contributed by atoms with Crippen molar-refractivity contribution in [2.75, 3.05) is 26.3 Å². The highest BCUT2D eigenvalue weighted by Crippen LogP contribution is 2.31.